The first-order valence-corrected chi connectivity index (χ1v) is 2.03. The summed E-state index contributed by atoms with van der Waals surface area (Å²) in [5, 5.41) is 2.53. The average molecular weight is 105 g/mol. The Morgan fingerprint density at radius 1 is 1.86 bits per heavy atom. The lowest BCUT2D eigenvalue weighted by Gasteiger charge is -1.88. The summed E-state index contributed by atoms with van der Waals surface area (Å²) in [7, 11) is 1.60. The highest BCUT2D eigenvalue weighted by Gasteiger charge is 1.93. The lowest BCUT2D eigenvalue weighted by molar-refractivity contribution is -0.118. The second-order valence-corrected chi connectivity index (χ2v) is 1.20. The summed E-state index contributed by atoms with van der Waals surface area (Å²) in [5.41, 5.74) is 0. The first kappa shape index (κ1) is 6.56. The minimum absolute atomic E-state index is 0.135. The highest BCUT2D eigenvalue weighted by molar-refractivity contribution is 5.81. The first-order valence-electron chi connectivity index (χ1n) is 2.03. The van der Waals surface area contributed by atoms with Crippen molar-refractivity contribution in [2.24, 2.45) is 0 Å². The van der Waals surface area contributed by atoms with Crippen molar-refractivity contribution in [1.29, 1.82) is 0 Å². The van der Waals surface area contributed by atoms with E-state index in [0.717, 1.165) is 0 Å². The van der Waals surface area contributed by atoms with Crippen molar-refractivity contribution >= 4 is 5.78 Å². The summed E-state index contributed by atoms with van der Waals surface area (Å²) in [4.78, 5) is 9.97. The molecule has 0 aromatic carbocycles. The summed E-state index contributed by atoms with van der Waals surface area (Å²) >= 11 is 0. The van der Waals surface area contributed by atoms with Crippen LogP contribution < -0.4 is 5.32 Å². The van der Waals surface area contributed by atoms with Crippen molar-refractivity contribution in [1.82, 2.24) is 5.32 Å². The number of likely N-dealkylation sites (N-methyl/N-ethyl adjacent to an activating group) is 1. The van der Waals surface area contributed by atoms with Gasteiger partial charge in [-0.3, -0.25) is 4.79 Å². The van der Waals surface area contributed by atoms with Gasteiger partial charge >= 0.3 is 0 Å². The molecule has 0 radical (unpaired) electrons. The predicted molar refractivity (Wildman–Crippen MR) is 24.9 cm³/mol. The summed E-state index contributed by atoms with van der Waals surface area (Å²) < 4.78 is 11.2. The summed E-state index contributed by atoms with van der Waals surface area (Å²) in [6.45, 7) is -0.725. The van der Waals surface area contributed by atoms with Crippen molar-refractivity contribution in [2.45, 2.75) is 0 Å². The molecule has 0 heterocycles. The second-order valence-electron chi connectivity index (χ2n) is 1.20. The third kappa shape index (κ3) is 3.39. The van der Waals surface area contributed by atoms with Gasteiger partial charge in [-0.25, -0.2) is 4.39 Å². The molecule has 0 unspecified atom stereocenters. The highest BCUT2D eigenvalue weighted by Crippen LogP contribution is 1.68. The van der Waals surface area contributed by atoms with Crippen LogP contribution in [0.15, 0.2) is 0 Å². The van der Waals surface area contributed by atoms with E-state index in [1.165, 1.54) is 0 Å². The molecule has 0 aromatic heterocycles. The number of hydrogen-bond acceptors (Lipinski definition) is 2. The van der Waals surface area contributed by atoms with Crippen molar-refractivity contribution in [3.05, 3.63) is 0 Å². The number of alkyl halides is 1. The number of ketones is 1. The number of hydrogen-bond donors (Lipinski definition) is 1. The van der Waals surface area contributed by atoms with Crippen LogP contribution in [-0.2, 0) is 4.79 Å². The standard InChI is InChI=1S/C4H8FNO/c1-6-3-4(7)2-5/h6H,2-3H2,1H3. The molecule has 0 amide bonds. The van der Waals surface area contributed by atoms with Crippen LogP contribution >= 0.6 is 0 Å². The molecule has 2 nitrogen and oxygen atoms in total. The molecule has 0 rings (SSSR count). The molecule has 0 saturated carbocycles. The zero-order valence-electron chi connectivity index (χ0n) is 4.20. The Labute approximate surface area is 41.7 Å². The lowest BCUT2D eigenvalue weighted by atomic mass is 10.4. The van der Waals surface area contributed by atoms with Crippen LogP contribution in [-0.4, -0.2) is 26.1 Å². The van der Waals surface area contributed by atoms with E-state index in [-0.39, 0.29) is 6.54 Å². The van der Waals surface area contributed by atoms with E-state index in [9.17, 15) is 9.18 Å². The van der Waals surface area contributed by atoms with Gasteiger partial charge < -0.3 is 5.32 Å². The Balaban J connectivity index is 3.00. The van der Waals surface area contributed by atoms with Gasteiger partial charge in [-0.1, -0.05) is 0 Å². The number of Topliss-reactive ketones (excluding diaryl/α,β-unsaturated/α-hetero) is 1. The van der Waals surface area contributed by atoms with E-state index < -0.39 is 12.5 Å². The molecule has 0 aliphatic rings. The molecule has 3 heteroatoms. The molecule has 42 valence electrons. The van der Waals surface area contributed by atoms with Crippen molar-refractivity contribution < 1.29 is 9.18 Å². The number of carbonyl (C=O) groups excluding carboxylic acids is 1. The van der Waals surface area contributed by atoms with Crippen LogP contribution in [0.3, 0.4) is 0 Å². The van der Waals surface area contributed by atoms with Crippen LogP contribution in [0, 0.1) is 0 Å². The third-order valence-electron chi connectivity index (χ3n) is 0.523. The maximum Gasteiger partial charge on any atom is 0.177 e. The van der Waals surface area contributed by atoms with E-state index in [1.807, 2.05) is 0 Å². The van der Waals surface area contributed by atoms with E-state index in [4.69, 9.17) is 0 Å². The van der Waals surface area contributed by atoms with Crippen LogP contribution in [0.1, 0.15) is 0 Å². The largest absolute Gasteiger partial charge is 0.313 e. The van der Waals surface area contributed by atoms with Crippen molar-refractivity contribution in [3.63, 3.8) is 0 Å². The summed E-state index contributed by atoms with van der Waals surface area (Å²) in [6.07, 6.45) is 0. The minimum atomic E-state index is -0.860. The maximum absolute atomic E-state index is 11.2. The molecule has 0 fully saturated rings. The molecule has 0 aliphatic carbocycles. The number of rotatable bonds is 3. The molecule has 0 spiro atoms. The van der Waals surface area contributed by atoms with E-state index >= 15 is 0 Å². The van der Waals surface area contributed by atoms with Gasteiger partial charge in [0.2, 0.25) is 0 Å². The van der Waals surface area contributed by atoms with Gasteiger partial charge in [-0.05, 0) is 7.05 Å². The Morgan fingerprint density at radius 3 is 2.57 bits per heavy atom. The van der Waals surface area contributed by atoms with Crippen molar-refractivity contribution in [3.8, 4) is 0 Å². The van der Waals surface area contributed by atoms with Crippen LogP contribution in [0.2, 0.25) is 0 Å². The molecular formula is C4H8FNO. The molecule has 0 saturated heterocycles. The van der Waals surface area contributed by atoms with E-state index in [0.29, 0.717) is 0 Å². The van der Waals surface area contributed by atoms with Crippen LogP contribution in [0.4, 0.5) is 4.39 Å². The number of carbonyl (C=O) groups is 1. The van der Waals surface area contributed by atoms with E-state index in [1.54, 1.807) is 7.05 Å². The molecule has 0 aliphatic heterocycles. The maximum atomic E-state index is 11.2. The third-order valence-corrected chi connectivity index (χ3v) is 0.523. The van der Waals surface area contributed by atoms with Gasteiger partial charge in [0.05, 0.1) is 6.54 Å². The van der Waals surface area contributed by atoms with Gasteiger partial charge in [0.25, 0.3) is 0 Å². The lowest BCUT2D eigenvalue weighted by Crippen LogP contribution is -2.19. The normalized spacial score (nSPS) is 8.86. The Kier molecular flexibility index (Phi) is 3.50. The second kappa shape index (κ2) is 3.74. The molecule has 0 aromatic rings. The zero-order valence-corrected chi connectivity index (χ0v) is 4.20. The molecule has 0 atom stereocenters. The smallest absolute Gasteiger partial charge is 0.177 e. The summed E-state index contributed by atoms with van der Waals surface area (Å²) in [5.74, 6) is -0.400. The van der Waals surface area contributed by atoms with Gasteiger partial charge in [0.15, 0.2) is 5.78 Å². The highest BCUT2D eigenvalue weighted by atomic mass is 19.1. The van der Waals surface area contributed by atoms with Gasteiger partial charge in [0, 0.05) is 0 Å². The monoisotopic (exact) mass is 105 g/mol. The zero-order chi connectivity index (χ0) is 5.70. The quantitative estimate of drug-likeness (QED) is 0.536. The van der Waals surface area contributed by atoms with Gasteiger partial charge in [-0.2, -0.15) is 0 Å². The fourth-order valence-electron chi connectivity index (χ4n) is 0.244. The minimum Gasteiger partial charge on any atom is -0.313 e. The Hall–Kier alpha value is -0.440. The average Bonchev–Trinajstić information content (AvgIpc) is 1.68. The van der Waals surface area contributed by atoms with E-state index in [2.05, 4.69) is 5.32 Å². The summed E-state index contributed by atoms with van der Waals surface area (Å²) in [6, 6.07) is 0. The molecule has 7 heavy (non-hydrogen) atoms. The van der Waals surface area contributed by atoms with Crippen LogP contribution in [0.5, 0.6) is 0 Å². The van der Waals surface area contributed by atoms with Gasteiger partial charge in [0.1, 0.15) is 6.67 Å². The number of halogens is 1. The molecular weight excluding hydrogens is 97.0 g/mol. The molecule has 0 bridgehead atoms. The SMILES string of the molecule is CNCC(=O)CF. The number of nitrogens with one attached hydrogen (secondary N) is 1. The topological polar surface area (TPSA) is 29.1 Å². The first-order chi connectivity index (χ1) is 3.31. The predicted octanol–water partition coefficient (Wildman–Crippen LogP) is -0.256. The van der Waals surface area contributed by atoms with Gasteiger partial charge in [-0.15, -0.1) is 0 Å². The Bertz CT molecular complexity index is 64.7. The fourth-order valence-corrected chi connectivity index (χ4v) is 0.244. The van der Waals surface area contributed by atoms with Crippen molar-refractivity contribution in [2.75, 3.05) is 20.3 Å². The van der Waals surface area contributed by atoms with Crippen LogP contribution in [0.25, 0.3) is 0 Å². The Morgan fingerprint density at radius 2 is 2.43 bits per heavy atom. The molecule has 1 N–H and O–H groups in total. The fraction of sp³-hybridized carbons (Fsp3) is 0.750.